The topological polar surface area (TPSA) is 24.3 Å². The Hall–Kier alpha value is -0.870. The summed E-state index contributed by atoms with van der Waals surface area (Å²) in [6.07, 6.45) is 11.1. The van der Waals surface area contributed by atoms with E-state index >= 15 is 0 Å². The number of hydrogen-bond donors (Lipinski definition) is 0. The second kappa shape index (κ2) is 6.72. The molecule has 1 aromatic rings. The fraction of sp³-hybridized carbons (Fsp3) is 0.812. The highest BCUT2D eigenvalue weighted by molar-refractivity contribution is 5.01. The molecule has 1 atom stereocenters. The molecule has 2 saturated heterocycles. The van der Waals surface area contributed by atoms with E-state index in [2.05, 4.69) is 32.7 Å². The number of hydrogen-bond acceptors (Lipinski definition) is 3. The van der Waals surface area contributed by atoms with Crippen LogP contribution in [0.3, 0.4) is 0 Å². The summed E-state index contributed by atoms with van der Waals surface area (Å²) < 4.78 is 2.17. The highest BCUT2D eigenvalue weighted by atomic mass is 15.3. The van der Waals surface area contributed by atoms with E-state index in [4.69, 9.17) is 0 Å². The summed E-state index contributed by atoms with van der Waals surface area (Å²) in [6, 6.07) is 0.591. The Balaban J connectivity index is 1.43. The van der Waals surface area contributed by atoms with Crippen LogP contribution >= 0.6 is 0 Å². The van der Waals surface area contributed by atoms with Crippen LogP contribution in [-0.4, -0.2) is 58.8 Å². The highest BCUT2D eigenvalue weighted by Crippen LogP contribution is 2.21. The van der Waals surface area contributed by atoms with Gasteiger partial charge in [0.2, 0.25) is 0 Å². The average molecular weight is 276 g/mol. The van der Waals surface area contributed by atoms with Gasteiger partial charge in [-0.1, -0.05) is 12.8 Å². The molecule has 0 saturated carbocycles. The van der Waals surface area contributed by atoms with E-state index in [0.717, 1.165) is 0 Å². The first-order chi connectivity index (χ1) is 9.81. The minimum absolute atomic E-state index is 0.591. The van der Waals surface area contributed by atoms with E-state index in [9.17, 15) is 0 Å². The van der Waals surface area contributed by atoms with Crippen molar-refractivity contribution < 1.29 is 0 Å². The van der Waals surface area contributed by atoms with E-state index in [-0.39, 0.29) is 0 Å². The number of nitrogens with zero attached hydrogens (tertiary/aromatic N) is 4. The molecule has 4 nitrogen and oxygen atoms in total. The second-order valence-corrected chi connectivity index (χ2v) is 6.50. The van der Waals surface area contributed by atoms with Crippen molar-refractivity contribution in [2.75, 3.05) is 39.3 Å². The molecule has 0 aromatic carbocycles. The largest absolute Gasteiger partial charge is 0.302 e. The SMILES string of the molecule is Cc1cnn(C2CCN(CCN3CCCCCC3)C2)c1. The molecule has 4 heteroatoms. The molecule has 3 heterocycles. The zero-order valence-corrected chi connectivity index (χ0v) is 12.8. The van der Waals surface area contributed by atoms with Crippen LogP contribution in [-0.2, 0) is 0 Å². The summed E-state index contributed by atoms with van der Waals surface area (Å²) in [5, 5.41) is 4.47. The standard InChI is InChI=1S/C16H28N4/c1-15-12-17-20(13-15)16-6-9-19(14-16)11-10-18-7-4-2-3-5-8-18/h12-13,16H,2-11,14H2,1H3. The molecule has 2 aliphatic heterocycles. The molecule has 0 bridgehead atoms. The maximum Gasteiger partial charge on any atom is 0.0658 e. The fourth-order valence-corrected chi connectivity index (χ4v) is 3.51. The maximum absolute atomic E-state index is 4.47. The molecule has 0 radical (unpaired) electrons. The van der Waals surface area contributed by atoms with Crippen molar-refractivity contribution in [2.24, 2.45) is 0 Å². The van der Waals surface area contributed by atoms with Crippen molar-refractivity contribution in [3.63, 3.8) is 0 Å². The van der Waals surface area contributed by atoms with Gasteiger partial charge in [0.15, 0.2) is 0 Å². The van der Waals surface area contributed by atoms with Gasteiger partial charge in [0.1, 0.15) is 0 Å². The van der Waals surface area contributed by atoms with E-state index in [0.29, 0.717) is 6.04 Å². The van der Waals surface area contributed by atoms with Crippen molar-refractivity contribution >= 4 is 0 Å². The van der Waals surface area contributed by atoms with Crippen LogP contribution in [0.2, 0.25) is 0 Å². The predicted molar refractivity (Wildman–Crippen MR) is 82.0 cm³/mol. The average Bonchev–Trinajstić information content (AvgIpc) is 3.00. The zero-order valence-electron chi connectivity index (χ0n) is 12.8. The van der Waals surface area contributed by atoms with Gasteiger partial charge < -0.3 is 4.90 Å². The van der Waals surface area contributed by atoms with Gasteiger partial charge in [-0.2, -0.15) is 5.10 Å². The van der Waals surface area contributed by atoms with E-state index in [1.807, 2.05) is 6.20 Å². The van der Waals surface area contributed by atoms with Crippen LogP contribution < -0.4 is 0 Å². The molecule has 1 aromatic heterocycles. The van der Waals surface area contributed by atoms with Gasteiger partial charge in [0.25, 0.3) is 0 Å². The Morgan fingerprint density at radius 2 is 1.80 bits per heavy atom. The molecule has 1 unspecified atom stereocenters. The molecule has 2 fully saturated rings. The Morgan fingerprint density at radius 1 is 1.05 bits per heavy atom. The van der Waals surface area contributed by atoms with Crippen molar-refractivity contribution in [2.45, 2.75) is 45.1 Å². The maximum atomic E-state index is 4.47. The van der Waals surface area contributed by atoms with Gasteiger partial charge in [-0.3, -0.25) is 9.58 Å². The summed E-state index contributed by atoms with van der Waals surface area (Å²) in [5.74, 6) is 0. The van der Waals surface area contributed by atoms with Gasteiger partial charge in [-0.15, -0.1) is 0 Å². The molecule has 3 rings (SSSR count). The first-order valence-electron chi connectivity index (χ1n) is 8.27. The Morgan fingerprint density at radius 3 is 2.50 bits per heavy atom. The number of aromatic nitrogens is 2. The first-order valence-corrected chi connectivity index (χ1v) is 8.27. The van der Waals surface area contributed by atoms with Gasteiger partial charge in [0, 0.05) is 32.4 Å². The molecule has 0 aliphatic carbocycles. The molecule has 0 spiro atoms. The lowest BCUT2D eigenvalue weighted by Crippen LogP contribution is -2.34. The lowest BCUT2D eigenvalue weighted by atomic mass is 10.2. The van der Waals surface area contributed by atoms with Crippen LogP contribution in [0, 0.1) is 6.92 Å². The Kier molecular flexibility index (Phi) is 4.73. The molecule has 0 N–H and O–H groups in total. The lowest BCUT2D eigenvalue weighted by Gasteiger charge is -2.23. The van der Waals surface area contributed by atoms with Crippen LogP contribution in [0.4, 0.5) is 0 Å². The van der Waals surface area contributed by atoms with Gasteiger partial charge in [0.05, 0.1) is 12.2 Å². The minimum atomic E-state index is 0.591. The fourth-order valence-electron chi connectivity index (χ4n) is 3.51. The zero-order chi connectivity index (χ0) is 13.8. The Bertz CT molecular complexity index is 406. The van der Waals surface area contributed by atoms with Crippen molar-refractivity contribution in [3.05, 3.63) is 18.0 Å². The van der Waals surface area contributed by atoms with Crippen LogP contribution in [0.5, 0.6) is 0 Å². The normalized spacial score (nSPS) is 25.9. The number of likely N-dealkylation sites (tertiary alicyclic amines) is 2. The third kappa shape index (κ3) is 3.61. The number of rotatable bonds is 4. The van der Waals surface area contributed by atoms with Crippen molar-refractivity contribution in [1.29, 1.82) is 0 Å². The van der Waals surface area contributed by atoms with Gasteiger partial charge >= 0.3 is 0 Å². The minimum Gasteiger partial charge on any atom is -0.302 e. The Labute approximate surface area is 122 Å². The summed E-state index contributed by atoms with van der Waals surface area (Å²) in [4.78, 5) is 5.28. The summed E-state index contributed by atoms with van der Waals surface area (Å²) in [6.45, 7) is 9.65. The summed E-state index contributed by atoms with van der Waals surface area (Å²) >= 11 is 0. The van der Waals surface area contributed by atoms with Crippen molar-refractivity contribution in [3.8, 4) is 0 Å². The molecular weight excluding hydrogens is 248 g/mol. The molecule has 2 aliphatic rings. The third-order valence-electron chi connectivity index (χ3n) is 4.78. The third-order valence-corrected chi connectivity index (χ3v) is 4.78. The molecule has 112 valence electrons. The van der Waals surface area contributed by atoms with Crippen molar-refractivity contribution in [1.82, 2.24) is 19.6 Å². The smallest absolute Gasteiger partial charge is 0.0658 e. The molecular formula is C16H28N4. The predicted octanol–water partition coefficient (Wildman–Crippen LogP) is 2.31. The van der Waals surface area contributed by atoms with Crippen LogP contribution in [0.1, 0.15) is 43.7 Å². The summed E-state index contributed by atoms with van der Waals surface area (Å²) in [7, 11) is 0. The monoisotopic (exact) mass is 276 g/mol. The van der Waals surface area contributed by atoms with Crippen LogP contribution in [0.15, 0.2) is 12.4 Å². The quantitative estimate of drug-likeness (QED) is 0.843. The molecule has 0 amide bonds. The first kappa shape index (κ1) is 14.1. The highest BCUT2D eigenvalue weighted by Gasteiger charge is 2.24. The molecule has 20 heavy (non-hydrogen) atoms. The summed E-state index contributed by atoms with van der Waals surface area (Å²) in [5.41, 5.74) is 1.27. The van der Waals surface area contributed by atoms with E-state index in [1.54, 1.807) is 0 Å². The lowest BCUT2D eigenvalue weighted by molar-refractivity contribution is 0.226. The van der Waals surface area contributed by atoms with Gasteiger partial charge in [-0.25, -0.2) is 0 Å². The van der Waals surface area contributed by atoms with Crippen LogP contribution in [0.25, 0.3) is 0 Å². The number of aryl methyl sites for hydroxylation is 1. The second-order valence-electron chi connectivity index (χ2n) is 6.50. The van der Waals surface area contributed by atoms with E-state index < -0.39 is 0 Å². The van der Waals surface area contributed by atoms with Gasteiger partial charge in [-0.05, 0) is 44.8 Å². The van der Waals surface area contributed by atoms with E-state index in [1.165, 1.54) is 76.9 Å².